The van der Waals surface area contributed by atoms with Crippen molar-refractivity contribution in [2.75, 3.05) is 31.1 Å². The summed E-state index contributed by atoms with van der Waals surface area (Å²) in [6.07, 6.45) is 0. The highest BCUT2D eigenvalue weighted by molar-refractivity contribution is 9.10. The number of aromatic nitrogens is 1. The summed E-state index contributed by atoms with van der Waals surface area (Å²) < 4.78 is 1.09. The van der Waals surface area contributed by atoms with Crippen molar-refractivity contribution >= 4 is 56.5 Å². The Bertz CT molecular complexity index is 627. The fourth-order valence-electron chi connectivity index (χ4n) is 2.51. The number of hydrogen-bond acceptors (Lipinski definition) is 3. The van der Waals surface area contributed by atoms with Crippen molar-refractivity contribution in [2.45, 2.75) is 6.92 Å². The number of fused-ring (bicyclic) bond motifs is 1. The quantitative estimate of drug-likeness (QED) is 0.820. The lowest BCUT2D eigenvalue weighted by atomic mass is 10.1. The van der Waals surface area contributed by atoms with Gasteiger partial charge in [-0.25, -0.2) is 0 Å². The highest BCUT2D eigenvalue weighted by Crippen LogP contribution is 2.36. The molecule has 2 heterocycles. The van der Waals surface area contributed by atoms with Gasteiger partial charge in [-0.05, 0) is 41.1 Å². The third kappa shape index (κ3) is 2.89. The Balaban J connectivity index is 0.00000147. The lowest BCUT2D eigenvalue weighted by molar-refractivity contribution is 0.589. The van der Waals surface area contributed by atoms with E-state index in [9.17, 15) is 0 Å². The Morgan fingerprint density at radius 1 is 1.30 bits per heavy atom. The second-order valence-electron chi connectivity index (χ2n) is 4.76. The van der Waals surface area contributed by atoms with Crippen LogP contribution in [0.15, 0.2) is 22.7 Å². The van der Waals surface area contributed by atoms with Gasteiger partial charge in [0.1, 0.15) is 0 Å². The van der Waals surface area contributed by atoms with E-state index in [1.165, 1.54) is 5.69 Å². The number of pyridine rings is 1. The Kier molecular flexibility index (Phi) is 5.13. The minimum Gasteiger partial charge on any atom is -0.367 e. The lowest BCUT2D eigenvalue weighted by Gasteiger charge is -2.31. The van der Waals surface area contributed by atoms with Crippen molar-refractivity contribution in [3.8, 4) is 0 Å². The van der Waals surface area contributed by atoms with Crippen molar-refractivity contribution in [1.82, 2.24) is 10.3 Å². The zero-order valence-corrected chi connectivity index (χ0v) is 14.3. The highest BCUT2D eigenvalue weighted by Gasteiger charge is 2.18. The van der Waals surface area contributed by atoms with Crippen LogP contribution in [0.4, 0.5) is 5.69 Å². The van der Waals surface area contributed by atoms with Crippen molar-refractivity contribution in [2.24, 2.45) is 0 Å². The molecule has 108 valence electrons. The number of anilines is 1. The summed E-state index contributed by atoms with van der Waals surface area (Å²) in [4.78, 5) is 7.03. The van der Waals surface area contributed by atoms with Crippen molar-refractivity contribution in [1.29, 1.82) is 0 Å². The van der Waals surface area contributed by atoms with Crippen LogP contribution in [0.2, 0.25) is 5.02 Å². The maximum atomic E-state index is 6.07. The molecule has 0 aliphatic carbocycles. The fourth-order valence-corrected chi connectivity index (χ4v) is 3.23. The van der Waals surface area contributed by atoms with E-state index < -0.39 is 0 Å². The van der Waals surface area contributed by atoms with E-state index in [0.29, 0.717) is 0 Å². The number of benzene rings is 1. The fraction of sp³-hybridized carbons (Fsp3) is 0.357. The second kappa shape index (κ2) is 6.48. The van der Waals surface area contributed by atoms with Crippen LogP contribution in [0.1, 0.15) is 5.69 Å². The predicted octanol–water partition coefficient (Wildman–Crippen LogP) is 3.79. The molecule has 0 atom stereocenters. The molecule has 1 aliphatic heterocycles. The summed E-state index contributed by atoms with van der Waals surface area (Å²) in [5.41, 5.74) is 3.20. The zero-order chi connectivity index (χ0) is 13.4. The van der Waals surface area contributed by atoms with E-state index in [1.807, 2.05) is 19.1 Å². The molecule has 6 heteroatoms. The summed E-state index contributed by atoms with van der Waals surface area (Å²) in [6, 6.07) is 5.92. The number of nitrogens with one attached hydrogen (secondary N) is 1. The summed E-state index contributed by atoms with van der Waals surface area (Å²) in [6.45, 7) is 6.08. The molecular weight excluding hydrogens is 361 g/mol. The van der Waals surface area contributed by atoms with Crippen molar-refractivity contribution < 1.29 is 0 Å². The number of piperazine rings is 1. The van der Waals surface area contributed by atoms with Crippen LogP contribution in [0.3, 0.4) is 0 Å². The Labute approximate surface area is 138 Å². The van der Waals surface area contributed by atoms with E-state index in [0.717, 1.165) is 52.3 Å². The molecule has 0 bridgehead atoms. The Morgan fingerprint density at radius 2 is 2.00 bits per heavy atom. The third-order valence-electron chi connectivity index (χ3n) is 3.46. The van der Waals surface area contributed by atoms with E-state index in [1.54, 1.807) is 0 Å². The number of hydrogen-bond donors (Lipinski definition) is 1. The summed E-state index contributed by atoms with van der Waals surface area (Å²) in [5.74, 6) is 0. The van der Waals surface area contributed by atoms with Gasteiger partial charge in [0.2, 0.25) is 0 Å². The molecule has 0 unspecified atom stereocenters. The molecule has 1 aliphatic rings. The van der Waals surface area contributed by atoms with Crippen LogP contribution in [0, 0.1) is 6.92 Å². The molecule has 0 radical (unpaired) electrons. The summed E-state index contributed by atoms with van der Waals surface area (Å²) in [5, 5.41) is 5.27. The molecule has 2 aromatic rings. The first-order valence-corrected chi connectivity index (χ1v) is 7.55. The van der Waals surface area contributed by atoms with Crippen LogP contribution in [-0.2, 0) is 0 Å². The van der Waals surface area contributed by atoms with Gasteiger partial charge in [0.05, 0.1) is 21.4 Å². The van der Waals surface area contributed by atoms with E-state index in [-0.39, 0.29) is 12.4 Å². The van der Waals surface area contributed by atoms with Crippen LogP contribution < -0.4 is 10.2 Å². The second-order valence-corrected chi connectivity index (χ2v) is 5.99. The smallest absolute Gasteiger partial charge is 0.0741 e. The topological polar surface area (TPSA) is 28.2 Å². The van der Waals surface area contributed by atoms with Gasteiger partial charge in [0.15, 0.2) is 0 Å². The molecule has 3 nitrogen and oxygen atoms in total. The maximum absolute atomic E-state index is 6.07. The van der Waals surface area contributed by atoms with Crippen molar-refractivity contribution in [3.05, 3.63) is 33.4 Å². The standard InChI is InChI=1S/C14H15BrClN3.ClH/c1-9-13(15)14(19-6-4-17-5-7-19)11-3-2-10(16)8-12(11)18-9;/h2-3,8,17H,4-7H2,1H3;1H. The van der Waals surface area contributed by atoms with Gasteiger partial charge in [-0.2, -0.15) is 0 Å². The minimum absolute atomic E-state index is 0. The van der Waals surface area contributed by atoms with Crippen LogP contribution in [0.25, 0.3) is 10.9 Å². The lowest BCUT2D eigenvalue weighted by Crippen LogP contribution is -2.43. The SMILES string of the molecule is Cc1nc2cc(Cl)ccc2c(N2CCNCC2)c1Br.Cl. The number of aryl methyl sites for hydroxylation is 1. The molecule has 1 aromatic carbocycles. The molecule has 1 aromatic heterocycles. The number of halogens is 3. The maximum Gasteiger partial charge on any atom is 0.0741 e. The molecular formula is C14H16BrCl2N3. The molecule has 0 spiro atoms. The minimum atomic E-state index is 0. The molecule has 0 saturated carbocycles. The van der Waals surface area contributed by atoms with Gasteiger partial charge in [0.25, 0.3) is 0 Å². The van der Waals surface area contributed by atoms with E-state index in [2.05, 4.69) is 37.2 Å². The Hall–Kier alpha value is -0.550. The third-order valence-corrected chi connectivity index (χ3v) is 4.65. The van der Waals surface area contributed by atoms with Gasteiger partial charge in [0, 0.05) is 36.6 Å². The first kappa shape index (κ1) is 15.8. The van der Waals surface area contributed by atoms with Crippen LogP contribution >= 0.6 is 39.9 Å². The monoisotopic (exact) mass is 375 g/mol. The largest absolute Gasteiger partial charge is 0.367 e. The van der Waals surface area contributed by atoms with Gasteiger partial charge < -0.3 is 10.2 Å². The van der Waals surface area contributed by atoms with Crippen LogP contribution in [-0.4, -0.2) is 31.2 Å². The Morgan fingerprint density at radius 3 is 2.70 bits per heavy atom. The van der Waals surface area contributed by atoms with Gasteiger partial charge in [-0.15, -0.1) is 12.4 Å². The van der Waals surface area contributed by atoms with Gasteiger partial charge >= 0.3 is 0 Å². The van der Waals surface area contributed by atoms with Gasteiger partial charge in [-0.1, -0.05) is 11.6 Å². The van der Waals surface area contributed by atoms with Crippen molar-refractivity contribution in [3.63, 3.8) is 0 Å². The number of rotatable bonds is 1. The molecule has 3 rings (SSSR count). The van der Waals surface area contributed by atoms with E-state index in [4.69, 9.17) is 11.6 Å². The average Bonchev–Trinajstić information content (AvgIpc) is 2.41. The summed E-state index contributed by atoms with van der Waals surface area (Å²) in [7, 11) is 0. The molecule has 1 saturated heterocycles. The molecule has 1 N–H and O–H groups in total. The average molecular weight is 377 g/mol. The predicted molar refractivity (Wildman–Crippen MR) is 91.5 cm³/mol. The van der Waals surface area contributed by atoms with Gasteiger partial charge in [-0.3, -0.25) is 4.98 Å². The zero-order valence-electron chi connectivity index (χ0n) is 11.1. The first-order valence-electron chi connectivity index (χ1n) is 6.38. The first-order chi connectivity index (χ1) is 9.16. The summed E-state index contributed by atoms with van der Waals surface area (Å²) >= 11 is 9.77. The highest BCUT2D eigenvalue weighted by atomic mass is 79.9. The number of nitrogens with zero attached hydrogens (tertiary/aromatic N) is 2. The molecule has 1 fully saturated rings. The normalized spacial score (nSPS) is 15.2. The molecule has 0 amide bonds. The molecule has 20 heavy (non-hydrogen) atoms. The van der Waals surface area contributed by atoms with Crippen LogP contribution in [0.5, 0.6) is 0 Å². The van der Waals surface area contributed by atoms with E-state index >= 15 is 0 Å².